The van der Waals surface area contributed by atoms with Gasteiger partial charge < -0.3 is 20.6 Å². The highest BCUT2D eigenvalue weighted by atomic mass is 19.2. The predicted octanol–water partition coefficient (Wildman–Crippen LogP) is 17.7. The fourth-order valence-electron chi connectivity index (χ4n) is 11.0. The van der Waals surface area contributed by atoms with Gasteiger partial charge in [-0.15, -0.1) is 0 Å². The number of H-pyrrole nitrogens is 2. The molecular weight excluding hydrogens is 1140 g/mol. The van der Waals surface area contributed by atoms with Gasteiger partial charge in [0.2, 0.25) is 0 Å². The molecule has 6 aromatic carbocycles. The first-order valence-electron chi connectivity index (χ1n) is 25.8. The lowest BCUT2D eigenvalue weighted by Gasteiger charge is -2.10. The van der Waals surface area contributed by atoms with Crippen molar-refractivity contribution < 1.29 is 62.3 Å². The number of aromatic amines is 2. The maximum atomic E-state index is 16.4. The van der Waals surface area contributed by atoms with E-state index in [2.05, 4.69) is 30.6 Å². The Morgan fingerprint density at radius 1 is 0.256 bits per heavy atom. The molecule has 0 saturated carbocycles. The summed E-state index contributed by atoms with van der Waals surface area (Å²) >= 11 is 0. The van der Waals surface area contributed by atoms with Crippen LogP contribution in [0.3, 0.4) is 0 Å². The van der Waals surface area contributed by atoms with E-state index in [1.165, 1.54) is 48.6 Å². The van der Waals surface area contributed by atoms with E-state index in [0.29, 0.717) is 0 Å². The summed E-state index contributed by atoms with van der Waals surface area (Å²) in [5.74, 6) is -16.8. The zero-order chi connectivity index (χ0) is 60.0. The van der Waals surface area contributed by atoms with Crippen LogP contribution >= 0.6 is 0 Å². The summed E-state index contributed by atoms with van der Waals surface area (Å²) in [5, 5.41) is 5.05. The highest BCUT2D eigenvalue weighted by molar-refractivity contribution is 6.18. The number of carbonyl (C=O) groups excluding carboxylic acids is 2. The predicted molar refractivity (Wildman–Crippen MR) is 302 cm³/mol. The molecule has 4 aliphatic rings. The second-order valence-corrected chi connectivity index (χ2v) is 19.7. The molecule has 12 bridgehead atoms. The Bertz CT molecular complexity index is 4510. The molecule has 9 aromatic rings. The molecule has 2 amide bonds. The fourth-order valence-corrected chi connectivity index (χ4v) is 11.0. The summed E-state index contributed by atoms with van der Waals surface area (Å²) < 4.78 is 197. The number of halogens is 12. The number of nitrogens with zero attached hydrogens (tertiary/aromatic N) is 2. The van der Waals surface area contributed by atoms with Crippen LogP contribution in [0.2, 0.25) is 0 Å². The summed E-state index contributed by atoms with van der Waals surface area (Å²) in [4.78, 5) is 44.4. The van der Waals surface area contributed by atoms with Gasteiger partial charge in [-0.25, -0.2) is 62.7 Å². The highest BCUT2D eigenvalue weighted by Gasteiger charge is 2.32. The van der Waals surface area contributed by atoms with Crippen LogP contribution < -0.4 is 10.6 Å². The number of benzene rings is 6. The highest BCUT2D eigenvalue weighted by Crippen LogP contribution is 2.46. The van der Waals surface area contributed by atoms with Gasteiger partial charge in [-0.3, -0.25) is 9.59 Å². The van der Waals surface area contributed by atoms with Gasteiger partial charge in [0.05, 0.1) is 78.7 Å². The van der Waals surface area contributed by atoms with Gasteiger partial charge in [0.15, 0.2) is 0 Å². The number of hydrogen-bond donors (Lipinski definition) is 4. The van der Waals surface area contributed by atoms with E-state index in [1.54, 1.807) is 0 Å². The topological polar surface area (TPSA) is 116 Å². The van der Waals surface area contributed by atoms with Crippen LogP contribution in [-0.2, 0) is 0 Å². The lowest BCUT2D eigenvalue weighted by Crippen LogP contribution is -2.08. The summed E-state index contributed by atoms with van der Waals surface area (Å²) in [6, 6.07) is 23.7. The molecule has 0 spiro atoms. The van der Waals surface area contributed by atoms with Crippen LogP contribution in [0.25, 0.3) is 113 Å². The number of carbonyl (C=O) groups is 2. The van der Waals surface area contributed by atoms with Crippen LogP contribution in [0.4, 0.5) is 64.1 Å². The molecule has 0 aliphatic carbocycles. The molecule has 0 atom stereocenters. The van der Waals surface area contributed by atoms with Crippen LogP contribution in [0.15, 0.2) is 146 Å². The lowest BCUT2D eigenvalue weighted by molar-refractivity contribution is 0.102. The van der Waals surface area contributed by atoms with Crippen LogP contribution in [0.1, 0.15) is 43.5 Å². The van der Waals surface area contributed by atoms with Crippen molar-refractivity contribution >= 4 is 69.6 Å². The number of rotatable bonds is 6. The summed E-state index contributed by atoms with van der Waals surface area (Å²) in [7, 11) is 0. The Labute approximate surface area is 476 Å². The van der Waals surface area contributed by atoms with E-state index in [-0.39, 0.29) is 44.8 Å². The molecule has 0 unspecified atom stereocenters. The molecule has 4 aliphatic heterocycles. The first kappa shape index (κ1) is 54.2. The fraction of sp³-hybridized carbons (Fsp3) is 0. The quantitative estimate of drug-likeness (QED) is 0.124. The van der Waals surface area contributed by atoms with Gasteiger partial charge in [0, 0.05) is 55.4 Å². The summed E-state index contributed by atoms with van der Waals surface area (Å²) in [6.07, 6.45) is 4.73. The molecule has 0 radical (unpaired) electrons. The number of fused-ring (bicyclic) bond motifs is 12. The Kier molecular flexibility index (Phi) is 13.2. The van der Waals surface area contributed by atoms with Crippen molar-refractivity contribution in [1.29, 1.82) is 0 Å². The average Bonchev–Trinajstić information content (AvgIpc) is 2.07. The zero-order valence-electron chi connectivity index (χ0n) is 43.4. The van der Waals surface area contributed by atoms with Crippen molar-refractivity contribution in [2.45, 2.75) is 0 Å². The Morgan fingerprint density at radius 3 is 0.721 bits per heavy atom. The second-order valence-electron chi connectivity index (χ2n) is 19.7. The van der Waals surface area contributed by atoms with Crippen molar-refractivity contribution in [2.75, 3.05) is 10.6 Å². The third-order valence-electron chi connectivity index (χ3n) is 14.7. The largest absolute Gasteiger partial charge is 0.354 e. The molecule has 0 fully saturated rings. The molecule has 422 valence electrons. The summed E-state index contributed by atoms with van der Waals surface area (Å²) in [6.45, 7) is 0. The van der Waals surface area contributed by atoms with Gasteiger partial charge in [-0.2, -0.15) is 0 Å². The Balaban J connectivity index is 1.29. The molecule has 0 saturated heterocycles. The molecule has 7 heterocycles. The molecule has 4 N–H and O–H groups in total. The van der Waals surface area contributed by atoms with E-state index in [4.69, 9.17) is 0 Å². The van der Waals surface area contributed by atoms with Crippen LogP contribution in [-0.4, -0.2) is 31.8 Å². The average molecular weight is 1170 g/mol. The third kappa shape index (κ3) is 9.00. The van der Waals surface area contributed by atoms with Crippen LogP contribution in [0, 0.1) is 69.8 Å². The molecule has 86 heavy (non-hydrogen) atoms. The third-order valence-corrected chi connectivity index (χ3v) is 14.7. The maximum Gasteiger partial charge on any atom is 0.256 e. The SMILES string of the molecule is O=C1Nc2cc1c(-c1c(F)cccc1F)c1ccc([nH]1)c(-c1c(F)cccc1F)c1nc(c(-c3c(F)cccc3F)c3cc(c(-c4c(F)cccc4F)c4ccc([nH]4)c(-c4c(F)cccc4F)c4nc(c2-c2c(F)cccc2F)C=C4)C(=O)N3)C=C1. The van der Waals surface area contributed by atoms with Gasteiger partial charge in [-0.1, -0.05) is 36.4 Å². The molecule has 20 heteroatoms. The first-order chi connectivity index (χ1) is 41.4. The number of amides is 2. The van der Waals surface area contributed by atoms with Crippen molar-refractivity contribution in [2.24, 2.45) is 0 Å². The molecule has 8 nitrogen and oxygen atoms in total. The maximum absolute atomic E-state index is 16.4. The van der Waals surface area contributed by atoms with E-state index in [9.17, 15) is 9.59 Å². The second kappa shape index (κ2) is 21.0. The minimum atomic E-state index is -1.23. The van der Waals surface area contributed by atoms with E-state index in [0.717, 1.165) is 121 Å². The smallest absolute Gasteiger partial charge is 0.256 e. The zero-order valence-corrected chi connectivity index (χ0v) is 43.4. The lowest BCUT2D eigenvalue weighted by atomic mass is 9.98. The van der Waals surface area contributed by atoms with Gasteiger partial charge in [-0.05, 0) is 133 Å². The van der Waals surface area contributed by atoms with Crippen molar-refractivity contribution in [3.8, 4) is 66.8 Å². The first-order valence-corrected chi connectivity index (χ1v) is 25.8. The van der Waals surface area contributed by atoms with Crippen molar-refractivity contribution in [1.82, 2.24) is 19.9 Å². The van der Waals surface area contributed by atoms with Gasteiger partial charge in [0.25, 0.3) is 11.8 Å². The van der Waals surface area contributed by atoms with Crippen molar-refractivity contribution in [3.63, 3.8) is 0 Å². The minimum absolute atomic E-state index is 0.257. The van der Waals surface area contributed by atoms with E-state index >= 15 is 52.7 Å². The van der Waals surface area contributed by atoms with Crippen LogP contribution in [0.5, 0.6) is 0 Å². The normalized spacial score (nSPS) is 12.6. The molecular formula is C66H32F12N6O2. The van der Waals surface area contributed by atoms with Gasteiger partial charge in [0.1, 0.15) is 69.8 Å². The number of anilines is 2. The monoisotopic (exact) mass is 1170 g/mol. The van der Waals surface area contributed by atoms with E-state index < -0.39 is 171 Å². The van der Waals surface area contributed by atoms with Crippen molar-refractivity contribution in [3.05, 3.63) is 249 Å². The number of nitrogens with one attached hydrogen (secondary N) is 4. The number of aromatic nitrogens is 4. The molecule has 13 rings (SSSR count). The summed E-state index contributed by atoms with van der Waals surface area (Å²) in [5.41, 5.74) is -12.4. The Morgan fingerprint density at radius 2 is 0.465 bits per heavy atom. The molecule has 3 aromatic heterocycles. The van der Waals surface area contributed by atoms with E-state index in [1.807, 2.05) is 0 Å². The van der Waals surface area contributed by atoms with Gasteiger partial charge >= 0.3 is 0 Å². The Hall–Kier alpha value is -11.0. The number of hydrogen-bond acceptors (Lipinski definition) is 4. The standard InChI is InChI=1S/C66H32F12N6O2/c67-31-7-1-8-32(68)55(31)53-29-27-51(83-65(29)85)63(59-39(75)15-5-16-40(59)76)49-25-24-48(82-49)62(58-37(73)13-4-14-38(58)74)46-22-20-44(80-46)54(56-33(69)9-2-10-34(56)70)30-28-52(84-66(30)86)64(60-41(77)17-6-18-42(60)78)50-26-23-47(81-50)61(45-21-19-43(53)79-45)57-35(71)11-3-12-36(57)72/h1-28,79-80H,(H,83,85)(H,84,86). The minimum Gasteiger partial charge on any atom is -0.354 e.